The van der Waals surface area contributed by atoms with E-state index in [-0.39, 0.29) is 29.1 Å². The fourth-order valence-electron chi connectivity index (χ4n) is 4.11. The summed E-state index contributed by atoms with van der Waals surface area (Å²) in [6.07, 6.45) is 1.41. The summed E-state index contributed by atoms with van der Waals surface area (Å²) in [6, 6.07) is 30.6. The topological polar surface area (TPSA) is 126 Å². The summed E-state index contributed by atoms with van der Waals surface area (Å²) in [4.78, 5) is 25.1. The average Bonchev–Trinajstić information content (AvgIpc) is 3.04. The molecule has 0 heterocycles. The molecule has 0 unspecified atom stereocenters. The minimum Gasteiger partial charge on any atom is -0.495 e. The number of ether oxygens (including phenoxy) is 2. The van der Waals surface area contributed by atoms with E-state index in [1.807, 2.05) is 37.3 Å². The van der Waals surface area contributed by atoms with Crippen LogP contribution in [-0.2, 0) is 19.6 Å². The lowest BCUT2D eigenvalue weighted by Crippen LogP contribution is -2.39. The number of anilines is 1. The zero-order valence-electron chi connectivity index (χ0n) is 23.7. The monoisotopic (exact) mass is 600 g/mol. The first-order chi connectivity index (χ1) is 20.8. The van der Waals surface area contributed by atoms with E-state index < -0.39 is 22.5 Å². The quantitative estimate of drug-likeness (QED) is 0.174. The van der Waals surface area contributed by atoms with Gasteiger partial charge in [-0.2, -0.15) is 5.10 Å². The normalized spacial score (nSPS) is 11.9. The Labute approximate surface area is 251 Å². The van der Waals surface area contributed by atoms with Crippen LogP contribution in [0.2, 0.25) is 0 Å². The zero-order chi connectivity index (χ0) is 30.7. The number of para-hydroxylation sites is 2. The number of hydrazone groups is 1. The SMILES string of the molecule is COc1ccccc1N(CC(=O)N/N=C\c1ccc(OCC(=O)N[C@@H](C)c2ccccc2)cc1)S(=O)(=O)c1ccccc1. The Hall–Kier alpha value is -5.16. The van der Waals surface area contributed by atoms with Crippen LogP contribution in [0.25, 0.3) is 0 Å². The van der Waals surface area contributed by atoms with Crippen LogP contribution in [-0.4, -0.2) is 46.7 Å². The maximum atomic E-state index is 13.5. The van der Waals surface area contributed by atoms with Crippen LogP contribution in [0.1, 0.15) is 24.1 Å². The van der Waals surface area contributed by atoms with Crippen molar-refractivity contribution in [1.29, 1.82) is 0 Å². The summed E-state index contributed by atoms with van der Waals surface area (Å²) in [5.41, 5.74) is 4.24. The zero-order valence-corrected chi connectivity index (χ0v) is 24.5. The van der Waals surface area contributed by atoms with Crippen molar-refractivity contribution in [3.05, 3.63) is 120 Å². The predicted octanol–water partition coefficient (Wildman–Crippen LogP) is 4.30. The van der Waals surface area contributed by atoms with Crippen LogP contribution < -0.4 is 24.5 Å². The molecule has 2 amide bonds. The number of carbonyl (C=O) groups excluding carboxylic acids is 2. The number of amides is 2. The van der Waals surface area contributed by atoms with Crippen molar-refractivity contribution < 1.29 is 27.5 Å². The Morgan fingerprint density at radius 3 is 2.16 bits per heavy atom. The van der Waals surface area contributed by atoms with E-state index in [4.69, 9.17) is 9.47 Å². The van der Waals surface area contributed by atoms with Gasteiger partial charge in [0.05, 0.1) is 29.9 Å². The van der Waals surface area contributed by atoms with Crippen LogP contribution in [0.15, 0.2) is 119 Å². The summed E-state index contributed by atoms with van der Waals surface area (Å²) in [7, 11) is -2.67. The van der Waals surface area contributed by atoms with Crippen LogP contribution in [0.4, 0.5) is 5.69 Å². The fraction of sp³-hybridized carbons (Fsp3) is 0.156. The molecule has 0 radical (unpaired) electrons. The number of methoxy groups -OCH3 is 1. The van der Waals surface area contributed by atoms with Gasteiger partial charge < -0.3 is 14.8 Å². The minimum absolute atomic E-state index is 0.0303. The number of nitrogens with zero attached hydrogens (tertiary/aromatic N) is 2. The van der Waals surface area contributed by atoms with Crippen molar-refractivity contribution in [3.8, 4) is 11.5 Å². The third-order valence-corrected chi connectivity index (χ3v) is 8.08. The van der Waals surface area contributed by atoms with E-state index in [1.165, 1.54) is 25.5 Å². The molecular formula is C32H32N4O6S. The van der Waals surface area contributed by atoms with Crippen molar-refractivity contribution in [1.82, 2.24) is 10.7 Å². The van der Waals surface area contributed by atoms with Crippen molar-refractivity contribution in [3.63, 3.8) is 0 Å². The van der Waals surface area contributed by atoms with Crippen molar-refractivity contribution in [2.45, 2.75) is 17.9 Å². The van der Waals surface area contributed by atoms with Gasteiger partial charge in [-0.25, -0.2) is 13.8 Å². The van der Waals surface area contributed by atoms with Gasteiger partial charge in [0, 0.05) is 0 Å². The molecule has 0 aliphatic rings. The molecule has 4 aromatic carbocycles. The molecule has 4 aromatic rings. The molecule has 43 heavy (non-hydrogen) atoms. The Balaban J connectivity index is 1.34. The van der Waals surface area contributed by atoms with Crippen LogP contribution >= 0.6 is 0 Å². The van der Waals surface area contributed by atoms with E-state index in [9.17, 15) is 18.0 Å². The minimum atomic E-state index is -4.10. The Morgan fingerprint density at radius 2 is 1.49 bits per heavy atom. The first-order valence-electron chi connectivity index (χ1n) is 13.4. The second kappa shape index (κ2) is 14.6. The smallest absolute Gasteiger partial charge is 0.264 e. The lowest BCUT2D eigenvalue weighted by atomic mass is 10.1. The van der Waals surface area contributed by atoms with Gasteiger partial charge in [0.15, 0.2) is 6.61 Å². The third kappa shape index (κ3) is 8.43. The molecule has 4 rings (SSSR count). The molecule has 0 aromatic heterocycles. The van der Waals surface area contributed by atoms with E-state index in [0.29, 0.717) is 17.1 Å². The maximum Gasteiger partial charge on any atom is 0.264 e. The highest BCUT2D eigenvalue weighted by Crippen LogP contribution is 2.32. The van der Waals surface area contributed by atoms with E-state index in [0.717, 1.165) is 9.87 Å². The van der Waals surface area contributed by atoms with Gasteiger partial charge in [0.1, 0.15) is 18.0 Å². The summed E-state index contributed by atoms with van der Waals surface area (Å²) in [6.45, 7) is 1.22. The number of sulfonamides is 1. The number of hydrogen-bond donors (Lipinski definition) is 2. The van der Waals surface area contributed by atoms with Gasteiger partial charge >= 0.3 is 0 Å². The van der Waals surface area contributed by atoms with Crippen LogP contribution in [0, 0.1) is 0 Å². The summed E-state index contributed by atoms with van der Waals surface area (Å²) in [5, 5.41) is 6.86. The lowest BCUT2D eigenvalue weighted by Gasteiger charge is -2.25. The molecule has 0 saturated heterocycles. The van der Waals surface area contributed by atoms with Crippen molar-refractivity contribution >= 4 is 33.7 Å². The fourth-order valence-corrected chi connectivity index (χ4v) is 5.56. The second-order valence-corrected chi connectivity index (χ2v) is 11.2. The van der Waals surface area contributed by atoms with E-state index in [2.05, 4.69) is 15.8 Å². The van der Waals surface area contributed by atoms with Crippen LogP contribution in [0.5, 0.6) is 11.5 Å². The molecule has 0 fully saturated rings. The molecule has 0 aliphatic carbocycles. The molecule has 1 atom stereocenters. The van der Waals surface area contributed by atoms with Gasteiger partial charge in [0.2, 0.25) is 0 Å². The molecular weight excluding hydrogens is 568 g/mol. The number of nitrogens with one attached hydrogen (secondary N) is 2. The highest BCUT2D eigenvalue weighted by molar-refractivity contribution is 7.92. The maximum absolute atomic E-state index is 13.5. The van der Waals surface area contributed by atoms with Crippen LogP contribution in [0.3, 0.4) is 0 Å². The van der Waals surface area contributed by atoms with E-state index in [1.54, 1.807) is 66.7 Å². The molecule has 0 spiro atoms. The molecule has 0 bridgehead atoms. The number of hydrogen-bond acceptors (Lipinski definition) is 7. The molecule has 2 N–H and O–H groups in total. The molecule has 222 valence electrons. The van der Waals surface area contributed by atoms with Gasteiger partial charge in [-0.15, -0.1) is 0 Å². The third-order valence-electron chi connectivity index (χ3n) is 6.30. The molecule has 0 saturated carbocycles. The summed E-state index contributed by atoms with van der Waals surface area (Å²) in [5.74, 6) is -0.121. The Morgan fingerprint density at radius 1 is 0.860 bits per heavy atom. The molecule has 11 heteroatoms. The molecule has 10 nitrogen and oxygen atoms in total. The highest BCUT2D eigenvalue weighted by Gasteiger charge is 2.29. The van der Waals surface area contributed by atoms with Gasteiger partial charge in [0.25, 0.3) is 21.8 Å². The van der Waals surface area contributed by atoms with Crippen molar-refractivity contribution in [2.75, 3.05) is 24.6 Å². The summed E-state index contributed by atoms with van der Waals surface area (Å²) < 4.78 is 38.9. The lowest BCUT2D eigenvalue weighted by molar-refractivity contribution is -0.123. The van der Waals surface area contributed by atoms with Gasteiger partial charge in [-0.05, 0) is 66.6 Å². The Kier molecular flexibility index (Phi) is 10.5. The predicted molar refractivity (Wildman–Crippen MR) is 165 cm³/mol. The molecule has 0 aliphatic heterocycles. The van der Waals surface area contributed by atoms with E-state index >= 15 is 0 Å². The largest absolute Gasteiger partial charge is 0.495 e. The van der Waals surface area contributed by atoms with Gasteiger partial charge in [-0.1, -0.05) is 60.7 Å². The summed E-state index contributed by atoms with van der Waals surface area (Å²) >= 11 is 0. The van der Waals surface area contributed by atoms with Crippen molar-refractivity contribution in [2.24, 2.45) is 5.10 Å². The number of rotatable bonds is 13. The van der Waals surface area contributed by atoms with Gasteiger partial charge in [-0.3, -0.25) is 13.9 Å². The number of benzene rings is 4. The number of carbonyl (C=O) groups is 2. The Bertz CT molecular complexity index is 1650. The average molecular weight is 601 g/mol. The highest BCUT2D eigenvalue weighted by atomic mass is 32.2. The second-order valence-electron chi connectivity index (χ2n) is 9.35. The first kappa shape index (κ1) is 30.8. The first-order valence-corrected chi connectivity index (χ1v) is 14.8. The standard InChI is InChI=1S/C32H32N4O6S/c1-24(26-11-5-3-6-12-26)34-32(38)23-42-27-19-17-25(18-20-27)21-33-35-31(37)22-36(29-15-9-10-16-30(29)41-2)43(39,40)28-13-7-4-8-14-28/h3-21,24H,22-23H2,1-2H3,(H,34,38)(H,35,37)/b33-21-/t24-/m0/s1.